The Kier molecular flexibility index (Phi) is 6.96. The van der Waals surface area contributed by atoms with Crippen LogP contribution in [0.2, 0.25) is 0 Å². The Hall–Kier alpha value is -0.900. The summed E-state index contributed by atoms with van der Waals surface area (Å²) in [4.78, 5) is 24.6. The fraction of sp³-hybridized carbons (Fsp3) is 0.818. The number of likely N-dealkylation sites (N-methyl/N-ethyl adjacent to an activating group) is 2. The molecule has 88 valence electrons. The third-order valence-electron chi connectivity index (χ3n) is 2.21. The molecule has 15 heavy (non-hydrogen) atoms. The summed E-state index contributed by atoms with van der Waals surface area (Å²) in [6.45, 7) is 9.61. The van der Waals surface area contributed by atoms with Crippen LogP contribution in [0, 0.1) is 5.92 Å². The number of rotatable bonds is 7. The average molecular weight is 214 g/mol. The number of hydrogen-bond acceptors (Lipinski definition) is 3. The van der Waals surface area contributed by atoms with Crippen LogP contribution in [0.15, 0.2) is 0 Å². The summed E-state index contributed by atoms with van der Waals surface area (Å²) in [5.41, 5.74) is 0. The molecule has 4 heteroatoms. The quantitative estimate of drug-likeness (QED) is 0.677. The van der Waals surface area contributed by atoms with E-state index in [1.807, 2.05) is 32.6 Å². The number of nitrogens with zero attached hydrogens (tertiary/aromatic N) is 1. The molecular weight excluding hydrogens is 192 g/mol. The van der Waals surface area contributed by atoms with E-state index in [4.69, 9.17) is 0 Å². The number of nitrogens with one attached hydrogen (secondary N) is 1. The van der Waals surface area contributed by atoms with Crippen LogP contribution >= 0.6 is 0 Å². The molecule has 0 fully saturated rings. The van der Waals surface area contributed by atoms with Gasteiger partial charge in [0.25, 0.3) is 0 Å². The number of Topliss-reactive ketones (excluding diaryl/α,β-unsaturated/α-hetero) is 1. The first-order valence-corrected chi connectivity index (χ1v) is 5.53. The molecule has 0 spiro atoms. The van der Waals surface area contributed by atoms with E-state index in [1.165, 1.54) is 0 Å². The van der Waals surface area contributed by atoms with Crippen molar-refractivity contribution in [3.05, 3.63) is 0 Å². The van der Waals surface area contributed by atoms with Crippen molar-refractivity contribution in [3.8, 4) is 0 Å². The maximum absolute atomic E-state index is 11.5. The van der Waals surface area contributed by atoms with Crippen LogP contribution in [0.3, 0.4) is 0 Å². The highest BCUT2D eigenvalue weighted by Gasteiger charge is 2.14. The van der Waals surface area contributed by atoms with E-state index < -0.39 is 0 Å². The molecule has 0 saturated carbocycles. The van der Waals surface area contributed by atoms with Crippen molar-refractivity contribution in [2.24, 2.45) is 5.92 Å². The maximum Gasteiger partial charge on any atom is 0.234 e. The Morgan fingerprint density at radius 2 is 1.80 bits per heavy atom. The van der Waals surface area contributed by atoms with Gasteiger partial charge in [-0.15, -0.1) is 0 Å². The van der Waals surface area contributed by atoms with Gasteiger partial charge < -0.3 is 5.32 Å². The van der Waals surface area contributed by atoms with Crippen molar-refractivity contribution in [2.75, 3.05) is 26.2 Å². The smallest absolute Gasteiger partial charge is 0.234 e. The summed E-state index contributed by atoms with van der Waals surface area (Å²) in [6.07, 6.45) is 0. The number of carbonyl (C=O) groups is 2. The lowest BCUT2D eigenvalue weighted by molar-refractivity contribution is -0.125. The van der Waals surface area contributed by atoms with E-state index in [0.717, 1.165) is 6.54 Å². The molecule has 0 aromatic heterocycles. The molecule has 0 aromatic rings. The molecule has 1 amide bonds. The number of ketones is 1. The first kappa shape index (κ1) is 14.1. The van der Waals surface area contributed by atoms with Crippen LogP contribution in [0.5, 0.6) is 0 Å². The second-order valence-electron chi connectivity index (χ2n) is 3.88. The lowest BCUT2D eigenvalue weighted by atomic mass is 10.1. The number of amides is 1. The Bertz CT molecular complexity index is 215. The summed E-state index contributed by atoms with van der Waals surface area (Å²) in [5.74, 6) is 0.199. The molecule has 0 aliphatic heterocycles. The first-order chi connectivity index (χ1) is 7.01. The van der Waals surface area contributed by atoms with Gasteiger partial charge in [0, 0.05) is 12.5 Å². The van der Waals surface area contributed by atoms with E-state index in [0.29, 0.717) is 19.6 Å². The van der Waals surface area contributed by atoms with Crippen molar-refractivity contribution >= 4 is 11.7 Å². The molecule has 0 unspecified atom stereocenters. The highest BCUT2D eigenvalue weighted by Crippen LogP contribution is 1.97. The van der Waals surface area contributed by atoms with Crippen molar-refractivity contribution in [3.63, 3.8) is 0 Å². The Balaban J connectivity index is 4.03. The molecule has 0 rings (SSSR count). The van der Waals surface area contributed by atoms with Gasteiger partial charge in [-0.25, -0.2) is 0 Å². The summed E-state index contributed by atoms with van der Waals surface area (Å²) in [7, 11) is 0. The first-order valence-electron chi connectivity index (χ1n) is 5.53. The SMILES string of the molecule is CCNC(=O)CN(CC)CC(=O)C(C)C. The second-order valence-corrected chi connectivity index (χ2v) is 3.88. The highest BCUT2D eigenvalue weighted by atomic mass is 16.2. The molecule has 0 radical (unpaired) electrons. The van der Waals surface area contributed by atoms with Gasteiger partial charge in [0.15, 0.2) is 0 Å². The van der Waals surface area contributed by atoms with Gasteiger partial charge >= 0.3 is 0 Å². The van der Waals surface area contributed by atoms with Gasteiger partial charge in [0.2, 0.25) is 5.91 Å². The van der Waals surface area contributed by atoms with E-state index in [1.54, 1.807) is 0 Å². The van der Waals surface area contributed by atoms with Gasteiger partial charge in [-0.2, -0.15) is 0 Å². The topological polar surface area (TPSA) is 49.4 Å². The third-order valence-corrected chi connectivity index (χ3v) is 2.21. The molecule has 0 aliphatic carbocycles. The van der Waals surface area contributed by atoms with Crippen molar-refractivity contribution in [1.82, 2.24) is 10.2 Å². The average Bonchev–Trinajstić information content (AvgIpc) is 2.16. The van der Waals surface area contributed by atoms with E-state index >= 15 is 0 Å². The third kappa shape index (κ3) is 6.23. The molecule has 0 aliphatic rings. The standard InChI is InChI=1S/C11H22N2O2/c1-5-12-11(15)8-13(6-2)7-10(14)9(3)4/h9H,5-8H2,1-4H3,(H,12,15). The van der Waals surface area contributed by atoms with Crippen LogP contribution < -0.4 is 5.32 Å². The molecule has 0 atom stereocenters. The zero-order valence-electron chi connectivity index (χ0n) is 10.2. The minimum atomic E-state index is -0.0177. The molecule has 0 heterocycles. The Morgan fingerprint density at radius 1 is 1.20 bits per heavy atom. The second kappa shape index (κ2) is 7.40. The van der Waals surface area contributed by atoms with Gasteiger partial charge in [0.05, 0.1) is 13.1 Å². The van der Waals surface area contributed by atoms with E-state index in [-0.39, 0.29) is 17.6 Å². The Morgan fingerprint density at radius 3 is 2.20 bits per heavy atom. The van der Waals surface area contributed by atoms with E-state index in [9.17, 15) is 9.59 Å². The molecule has 4 nitrogen and oxygen atoms in total. The van der Waals surface area contributed by atoms with Crippen molar-refractivity contribution in [2.45, 2.75) is 27.7 Å². The summed E-state index contributed by atoms with van der Waals surface area (Å²) in [5, 5.41) is 2.72. The molecular formula is C11H22N2O2. The highest BCUT2D eigenvalue weighted by molar-refractivity contribution is 5.83. The summed E-state index contributed by atoms with van der Waals surface area (Å²) >= 11 is 0. The van der Waals surface area contributed by atoms with Crippen molar-refractivity contribution < 1.29 is 9.59 Å². The minimum Gasteiger partial charge on any atom is -0.355 e. The van der Waals surface area contributed by atoms with Crippen LogP contribution in [0.4, 0.5) is 0 Å². The molecule has 0 saturated heterocycles. The predicted molar refractivity (Wildman–Crippen MR) is 60.6 cm³/mol. The monoisotopic (exact) mass is 214 g/mol. The fourth-order valence-electron chi connectivity index (χ4n) is 1.14. The molecule has 1 N–H and O–H groups in total. The van der Waals surface area contributed by atoms with Gasteiger partial charge in [-0.05, 0) is 13.5 Å². The summed E-state index contributed by atoms with van der Waals surface area (Å²) in [6, 6.07) is 0. The minimum absolute atomic E-state index is 0.0177. The predicted octanol–water partition coefficient (Wildman–Crippen LogP) is 0.669. The van der Waals surface area contributed by atoms with Gasteiger partial charge in [-0.3, -0.25) is 14.5 Å². The lowest BCUT2D eigenvalue weighted by Gasteiger charge is -2.19. The summed E-state index contributed by atoms with van der Waals surface area (Å²) < 4.78 is 0. The number of hydrogen-bond donors (Lipinski definition) is 1. The van der Waals surface area contributed by atoms with Gasteiger partial charge in [-0.1, -0.05) is 20.8 Å². The van der Waals surface area contributed by atoms with Crippen LogP contribution in [-0.2, 0) is 9.59 Å². The maximum atomic E-state index is 11.5. The largest absolute Gasteiger partial charge is 0.355 e. The van der Waals surface area contributed by atoms with E-state index in [2.05, 4.69) is 5.32 Å². The molecule has 0 bridgehead atoms. The molecule has 0 aromatic carbocycles. The van der Waals surface area contributed by atoms with Crippen LogP contribution in [0.25, 0.3) is 0 Å². The lowest BCUT2D eigenvalue weighted by Crippen LogP contribution is -2.40. The number of carbonyl (C=O) groups excluding carboxylic acids is 2. The zero-order valence-corrected chi connectivity index (χ0v) is 10.2. The fourth-order valence-corrected chi connectivity index (χ4v) is 1.14. The normalized spacial score (nSPS) is 10.8. The van der Waals surface area contributed by atoms with Crippen LogP contribution in [0.1, 0.15) is 27.7 Å². The van der Waals surface area contributed by atoms with Crippen LogP contribution in [-0.4, -0.2) is 42.8 Å². The van der Waals surface area contributed by atoms with Gasteiger partial charge in [0.1, 0.15) is 5.78 Å². The zero-order chi connectivity index (χ0) is 11.8. The van der Waals surface area contributed by atoms with Crippen molar-refractivity contribution in [1.29, 1.82) is 0 Å². The Labute approximate surface area is 92.0 Å².